The number of benzene rings is 2. The number of ether oxygens (including phenoxy) is 1. The van der Waals surface area contributed by atoms with Crippen LogP contribution in [0.25, 0.3) is 0 Å². The standard InChI is InChI=1S/C26H33ClN4O7/c1-3-15-31(16-14-27)21-10-8-20(9-11-21)30(2)26(37)38-17-18-4-6-19(7-5-18)28-25(36)29-22(24(34)35)12-13-23(32)33/h4-11,22H,3,12-17H2,1-2H3,(H,32,33)(H,34,35)(H2,28,29,36). The summed E-state index contributed by atoms with van der Waals surface area (Å²) in [6.07, 6.45) is -0.176. The van der Waals surface area contributed by atoms with Crippen molar-refractivity contribution < 1.29 is 34.1 Å². The summed E-state index contributed by atoms with van der Waals surface area (Å²) in [7, 11) is 1.62. The smallest absolute Gasteiger partial charge is 0.414 e. The molecule has 2 rings (SSSR count). The number of halogens is 1. The molecule has 2 aromatic rings. The van der Waals surface area contributed by atoms with Crippen molar-refractivity contribution in [3.8, 4) is 0 Å². The van der Waals surface area contributed by atoms with Crippen LogP contribution in [0.5, 0.6) is 0 Å². The number of alkyl halides is 1. The van der Waals surface area contributed by atoms with E-state index in [9.17, 15) is 19.2 Å². The molecular formula is C26H33ClN4O7. The largest absolute Gasteiger partial charge is 0.481 e. The van der Waals surface area contributed by atoms with E-state index in [2.05, 4.69) is 22.5 Å². The summed E-state index contributed by atoms with van der Waals surface area (Å²) in [5.41, 5.74) is 2.76. The highest BCUT2D eigenvalue weighted by atomic mass is 35.5. The van der Waals surface area contributed by atoms with Gasteiger partial charge in [0.25, 0.3) is 0 Å². The van der Waals surface area contributed by atoms with Crippen molar-refractivity contribution in [2.75, 3.05) is 41.1 Å². The molecule has 0 aromatic heterocycles. The molecule has 0 heterocycles. The molecule has 3 amide bonds. The predicted molar refractivity (Wildman–Crippen MR) is 145 cm³/mol. The van der Waals surface area contributed by atoms with E-state index in [4.69, 9.17) is 26.6 Å². The number of hydrogen-bond donors (Lipinski definition) is 4. The first-order valence-corrected chi connectivity index (χ1v) is 12.6. The van der Waals surface area contributed by atoms with Crippen molar-refractivity contribution in [1.82, 2.24) is 5.32 Å². The van der Waals surface area contributed by atoms with E-state index in [-0.39, 0.29) is 13.0 Å². The number of anilines is 3. The number of nitrogens with one attached hydrogen (secondary N) is 2. The van der Waals surface area contributed by atoms with Crippen molar-refractivity contribution in [3.63, 3.8) is 0 Å². The summed E-state index contributed by atoms with van der Waals surface area (Å²) in [6.45, 7) is 3.73. The minimum absolute atomic E-state index is 0.00398. The van der Waals surface area contributed by atoms with Gasteiger partial charge in [-0.25, -0.2) is 14.4 Å². The maximum absolute atomic E-state index is 12.5. The molecule has 12 heteroatoms. The number of carbonyl (C=O) groups is 4. The molecule has 1 unspecified atom stereocenters. The highest BCUT2D eigenvalue weighted by Gasteiger charge is 2.21. The third kappa shape index (κ3) is 9.81. The lowest BCUT2D eigenvalue weighted by atomic mass is 10.1. The Bertz CT molecular complexity index is 1070. The number of amides is 3. The fraction of sp³-hybridized carbons (Fsp3) is 0.385. The number of carboxylic acids is 2. The third-order valence-corrected chi connectivity index (χ3v) is 5.72. The second-order valence-corrected chi connectivity index (χ2v) is 8.80. The van der Waals surface area contributed by atoms with Crippen LogP contribution >= 0.6 is 11.6 Å². The van der Waals surface area contributed by atoms with Gasteiger partial charge in [0.15, 0.2) is 0 Å². The maximum atomic E-state index is 12.5. The summed E-state index contributed by atoms with van der Waals surface area (Å²) < 4.78 is 5.39. The van der Waals surface area contributed by atoms with E-state index in [0.717, 1.165) is 25.2 Å². The van der Waals surface area contributed by atoms with Crippen molar-refractivity contribution in [2.45, 2.75) is 38.8 Å². The molecule has 0 aliphatic heterocycles. The Balaban J connectivity index is 1.87. The second kappa shape index (κ2) is 15.3. The van der Waals surface area contributed by atoms with Crippen molar-refractivity contribution >= 4 is 52.7 Å². The molecule has 11 nitrogen and oxygen atoms in total. The highest BCUT2D eigenvalue weighted by Crippen LogP contribution is 2.21. The van der Waals surface area contributed by atoms with Crippen LogP contribution in [0.1, 0.15) is 31.7 Å². The Kier molecular flexibility index (Phi) is 12.2. The number of aliphatic carboxylic acids is 2. The first-order valence-electron chi connectivity index (χ1n) is 12.1. The van der Waals surface area contributed by atoms with Gasteiger partial charge in [-0.2, -0.15) is 0 Å². The van der Waals surface area contributed by atoms with Gasteiger partial charge in [-0.05, 0) is 54.8 Å². The SMILES string of the molecule is CCCN(CCCl)c1ccc(N(C)C(=O)OCc2ccc(NC(=O)NC(CCC(=O)O)C(=O)O)cc2)cc1. The predicted octanol–water partition coefficient (Wildman–Crippen LogP) is 4.35. The quantitative estimate of drug-likeness (QED) is 0.254. The topological polar surface area (TPSA) is 149 Å². The van der Waals surface area contributed by atoms with E-state index >= 15 is 0 Å². The van der Waals surface area contributed by atoms with E-state index in [0.29, 0.717) is 22.8 Å². The minimum Gasteiger partial charge on any atom is -0.481 e. The molecule has 0 spiro atoms. The van der Waals surface area contributed by atoms with Crippen molar-refractivity contribution in [1.29, 1.82) is 0 Å². The number of hydrogen-bond acceptors (Lipinski definition) is 6. The number of rotatable bonds is 14. The molecule has 38 heavy (non-hydrogen) atoms. The molecule has 0 aliphatic carbocycles. The Morgan fingerprint density at radius 3 is 2.16 bits per heavy atom. The van der Waals surface area contributed by atoms with Crippen LogP contribution in [0.3, 0.4) is 0 Å². The zero-order valence-corrected chi connectivity index (χ0v) is 22.1. The van der Waals surface area contributed by atoms with Gasteiger partial charge in [0.05, 0.1) is 0 Å². The highest BCUT2D eigenvalue weighted by molar-refractivity contribution is 6.18. The summed E-state index contributed by atoms with van der Waals surface area (Å²) in [5.74, 6) is -1.96. The Hall–Kier alpha value is -3.99. The molecule has 1 atom stereocenters. The molecule has 0 bridgehead atoms. The van der Waals surface area contributed by atoms with Gasteiger partial charge in [0, 0.05) is 49.5 Å². The Morgan fingerprint density at radius 2 is 1.61 bits per heavy atom. The number of carbonyl (C=O) groups excluding carboxylic acids is 2. The minimum atomic E-state index is -1.33. The van der Waals surface area contributed by atoms with Crippen molar-refractivity contribution in [2.24, 2.45) is 0 Å². The van der Waals surface area contributed by atoms with Crippen LogP contribution in [-0.2, 0) is 20.9 Å². The first-order chi connectivity index (χ1) is 18.1. The molecule has 0 aliphatic rings. The van der Waals surface area contributed by atoms with Gasteiger partial charge in [0.1, 0.15) is 12.6 Å². The normalized spacial score (nSPS) is 11.2. The van der Waals surface area contributed by atoms with Gasteiger partial charge in [0.2, 0.25) is 0 Å². The summed E-state index contributed by atoms with van der Waals surface area (Å²) in [5, 5.41) is 22.6. The average molecular weight is 549 g/mol. The van der Waals surface area contributed by atoms with Crippen LogP contribution in [0.15, 0.2) is 48.5 Å². The van der Waals surface area contributed by atoms with E-state index in [1.54, 1.807) is 31.3 Å². The summed E-state index contributed by atoms with van der Waals surface area (Å²) >= 11 is 5.90. The van der Waals surface area contributed by atoms with Crippen LogP contribution in [-0.4, -0.2) is 66.3 Å². The summed E-state index contributed by atoms with van der Waals surface area (Å²) in [6, 6.07) is 11.9. The van der Waals surface area contributed by atoms with Gasteiger partial charge in [-0.15, -0.1) is 11.6 Å². The zero-order valence-electron chi connectivity index (χ0n) is 21.4. The Labute approximate surface area is 226 Å². The van der Waals surface area contributed by atoms with Gasteiger partial charge >= 0.3 is 24.1 Å². The maximum Gasteiger partial charge on any atom is 0.414 e. The monoisotopic (exact) mass is 548 g/mol. The molecule has 4 N–H and O–H groups in total. The van der Waals surface area contributed by atoms with E-state index < -0.39 is 36.5 Å². The molecule has 0 saturated carbocycles. The Morgan fingerprint density at radius 1 is 0.974 bits per heavy atom. The fourth-order valence-electron chi connectivity index (χ4n) is 3.51. The van der Waals surface area contributed by atoms with Crippen molar-refractivity contribution in [3.05, 3.63) is 54.1 Å². The molecule has 0 radical (unpaired) electrons. The van der Waals surface area contributed by atoms with Crippen LogP contribution in [0, 0.1) is 0 Å². The van der Waals surface area contributed by atoms with E-state index in [1.165, 1.54) is 4.90 Å². The van der Waals surface area contributed by atoms with Gasteiger partial charge in [-0.3, -0.25) is 9.69 Å². The molecule has 0 fully saturated rings. The molecule has 0 saturated heterocycles. The second-order valence-electron chi connectivity index (χ2n) is 8.42. The van der Waals surface area contributed by atoms with E-state index in [1.807, 2.05) is 24.3 Å². The number of carboxylic acid groups (broad SMARTS) is 2. The van der Waals surface area contributed by atoms with Crippen LogP contribution in [0.2, 0.25) is 0 Å². The van der Waals surface area contributed by atoms with Crippen LogP contribution in [0.4, 0.5) is 26.7 Å². The average Bonchev–Trinajstić information content (AvgIpc) is 2.89. The fourth-order valence-corrected chi connectivity index (χ4v) is 3.72. The lowest BCUT2D eigenvalue weighted by Crippen LogP contribution is -2.43. The number of urea groups is 1. The lowest BCUT2D eigenvalue weighted by Gasteiger charge is -2.24. The third-order valence-electron chi connectivity index (χ3n) is 5.55. The van der Waals surface area contributed by atoms with Gasteiger partial charge in [-0.1, -0.05) is 19.1 Å². The van der Waals surface area contributed by atoms with Gasteiger partial charge < -0.3 is 30.5 Å². The molecule has 2 aromatic carbocycles. The first kappa shape index (κ1) is 30.2. The molecular weight excluding hydrogens is 516 g/mol. The summed E-state index contributed by atoms with van der Waals surface area (Å²) in [4.78, 5) is 50.1. The molecule has 206 valence electrons. The number of nitrogens with zero attached hydrogens (tertiary/aromatic N) is 2. The zero-order chi connectivity index (χ0) is 28.1. The van der Waals surface area contributed by atoms with Crippen LogP contribution < -0.4 is 20.4 Å². The lowest BCUT2D eigenvalue weighted by molar-refractivity contribution is -0.140.